The van der Waals surface area contributed by atoms with Crippen LogP contribution in [-0.2, 0) is 6.54 Å². The molecule has 2 aromatic heterocycles. The van der Waals surface area contributed by atoms with Crippen molar-refractivity contribution < 1.29 is 9.53 Å². The normalized spacial score (nSPS) is 10.9. The number of hydrogen-bond acceptors (Lipinski definition) is 5. The first-order valence-corrected chi connectivity index (χ1v) is 10.2. The van der Waals surface area contributed by atoms with Gasteiger partial charge in [0, 0.05) is 16.8 Å². The van der Waals surface area contributed by atoms with Gasteiger partial charge in [-0.2, -0.15) is 0 Å². The minimum atomic E-state index is -0.169. The molecule has 0 aliphatic carbocycles. The van der Waals surface area contributed by atoms with E-state index < -0.39 is 0 Å². The third kappa shape index (κ3) is 4.09. The maximum absolute atomic E-state index is 13.4. The molecule has 1 amide bonds. The maximum atomic E-state index is 13.4. The Labute approximate surface area is 177 Å². The smallest absolute Gasteiger partial charge is 0.260 e. The number of fused-ring (bicyclic) bond motifs is 1. The summed E-state index contributed by atoms with van der Waals surface area (Å²) >= 11 is 7.65. The highest BCUT2D eigenvalue weighted by Crippen LogP contribution is 2.34. The number of rotatable bonds is 5. The van der Waals surface area contributed by atoms with Crippen molar-refractivity contribution in [3.05, 3.63) is 82.6 Å². The Hall–Kier alpha value is -2.96. The van der Waals surface area contributed by atoms with Gasteiger partial charge in [0.1, 0.15) is 5.75 Å². The number of anilines is 1. The van der Waals surface area contributed by atoms with Gasteiger partial charge < -0.3 is 4.74 Å². The molecule has 0 atom stereocenters. The molecule has 0 fully saturated rings. The second-order valence-electron chi connectivity index (χ2n) is 6.51. The molecule has 0 radical (unpaired) electrons. The van der Waals surface area contributed by atoms with Gasteiger partial charge in [-0.15, -0.1) is 0 Å². The number of methoxy groups -OCH3 is 1. The lowest BCUT2D eigenvalue weighted by molar-refractivity contribution is 0.0984. The number of carbonyl (C=O) groups excluding carboxylic acids is 1. The standard InChI is InChI=1S/C22H18ClN3O2S/c1-14-10-16(23)12-19-20(14)25-22(29-19)26(13-17-7-3-4-9-24-17)21(27)15-6-5-8-18(11-15)28-2/h3-12H,13H2,1-2H3. The van der Waals surface area contributed by atoms with E-state index in [2.05, 4.69) is 4.98 Å². The summed E-state index contributed by atoms with van der Waals surface area (Å²) in [6.45, 7) is 2.27. The summed E-state index contributed by atoms with van der Waals surface area (Å²) in [5.41, 5.74) is 3.12. The number of amides is 1. The summed E-state index contributed by atoms with van der Waals surface area (Å²) in [5, 5.41) is 1.25. The average Bonchev–Trinajstić information content (AvgIpc) is 3.16. The van der Waals surface area contributed by atoms with Gasteiger partial charge in [0.2, 0.25) is 0 Å². The van der Waals surface area contributed by atoms with Gasteiger partial charge in [0.25, 0.3) is 5.91 Å². The van der Waals surface area contributed by atoms with Gasteiger partial charge in [-0.05, 0) is 55.0 Å². The van der Waals surface area contributed by atoms with Crippen molar-refractivity contribution in [3.8, 4) is 5.75 Å². The summed E-state index contributed by atoms with van der Waals surface area (Å²) in [5.74, 6) is 0.456. The fraction of sp³-hybridized carbons (Fsp3) is 0.136. The lowest BCUT2D eigenvalue weighted by Crippen LogP contribution is -2.30. The average molecular weight is 424 g/mol. The van der Waals surface area contributed by atoms with E-state index in [1.165, 1.54) is 11.3 Å². The lowest BCUT2D eigenvalue weighted by atomic mass is 10.2. The predicted molar refractivity (Wildman–Crippen MR) is 117 cm³/mol. The Morgan fingerprint density at radius 3 is 2.79 bits per heavy atom. The minimum Gasteiger partial charge on any atom is -0.497 e. The van der Waals surface area contributed by atoms with Crippen molar-refractivity contribution in [2.75, 3.05) is 12.0 Å². The van der Waals surface area contributed by atoms with Crippen molar-refractivity contribution in [1.82, 2.24) is 9.97 Å². The summed E-state index contributed by atoms with van der Waals surface area (Å²) in [6.07, 6.45) is 1.71. The van der Waals surface area contributed by atoms with E-state index in [0.29, 0.717) is 28.0 Å². The molecule has 29 heavy (non-hydrogen) atoms. The number of pyridine rings is 1. The second kappa shape index (κ2) is 8.19. The van der Waals surface area contributed by atoms with Gasteiger partial charge in [-0.25, -0.2) is 4.98 Å². The molecule has 0 bridgehead atoms. The minimum absolute atomic E-state index is 0.169. The molecule has 0 unspecified atom stereocenters. The van der Waals surface area contributed by atoms with Crippen LogP contribution in [0.3, 0.4) is 0 Å². The van der Waals surface area contributed by atoms with E-state index in [0.717, 1.165) is 21.5 Å². The van der Waals surface area contributed by atoms with Crippen LogP contribution in [-0.4, -0.2) is 23.0 Å². The summed E-state index contributed by atoms with van der Waals surface area (Å²) < 4.78 is 6.21. The second-order valence-corrected chi connectivity index (χ2v) is 7.96. The first-order chi connectivity index (χ1) is 14.0. The van der Waals surface area contributed by atoms with Crippen molar-refractivity contribution in [2.45, 2.75) is 13.5 Å². The molecule has 4 rings (SSSR count). The molecule has 4 aromatic rings. The zero-order valence-electron chi connectivity index (χ0n) is 15.9. The van der Waals surface area contributed by atoms with Crippen LogP contribution in [0, 0.1) is 6.92 Å². The van der Waals surface area contributed by atoms with E-state index >= 15 is 0 Å². The fourth-order valence-corrected chi connectivity index (χ4v) is 4.47. The number of halogens is 1. The highest BCUT2D eigenvalue weighted by Gasteiger charge is 2.23. The topological polar surface area (TPSA) is 55.3 Å². The number of benzene rings is 2. The Kier molecular flexibility index (Phi) is 5.47. The molecule has 2 aromatic carbocycles. The molecular weight excluding hydrogens is 406 g/mol. The van der Waals surface area contributed by atoms with Crippen LogP contribution in [0.15, 0.2) is 60.8 Å². The molecule has 0 aliphatic heterocycles. The Morgan fingerprint density at radius 1 is 1.17 bits per heavy atom. The van der Waals surface area contributed by atoms with E-state index in [1.807, 2.05) is 43.3 Å². The zero-order chi connectivity index (χ0) is 20.4. The Balaban J connectivity index is 1.79. The van der Waals surface area contributed by atoms with Gasteiger partial charge >= 0.3 is 0 Å². The number of aryl methyl sites for hydroxylation is 1. The fourth-order valence-electron chi connectivity index (χ4n) is 3.05. The van der Waals surface area contributed by atoms with Crippen molar-refractivity contribution in [3.63, 3.8) is 0 Å². The van der Waals surface area contributed by atoms with Gasteiger partial charge in [-0.1, -0.05) is 35.1 Å². The highest BCUT2D eigenvalue weighted by atomic mass is 35.5. The van der Waals surface area contributed by atoms with Crippen LogP contribution < -0.4 is 9.64 Å². The van der Waals surface area contributed by atoms with Crippen molar-refractivity contribution in [1.29, 1.82) is 0 Å². The van der Waals surface area contributed by atoms with Gasteiger partial charge in [0.15, 0.2) is 5.13 Å². The summed E-state index contributed by atoms with van der Waals surface area (Å²) in [7, 11) is 1.58. The van der Waals surface area contributed by atoms with E-state index in [1.54, 1.807) is 36.4 Å². The van der Waals surface area contributed by atoms with E-state index in [-0.39, 0.29) is 5.91 Å². The van der Waals surface area contributed by atoms with Gasteiger partial charge in [-0.3, -0.25) is 14.7 Å². The number of nitrogens with zero attached hydrogens (tertiary/aromatic N) is 3. The summed E-state index contributed by atoms with van der Waals surface area (Å²) in [4.78, 5) is 24.2. The number of carbonyl (C=O) groups is 1. The third-order valence-electron chi connectivity index (χ3n) is 4.48. The quantitative estimate of drug-likeness (QED) is 0.424. The predicted octanol–water partition coefficient (Wildman–Crippen LogP) is 5.51. The maximum Gasteiger partial charge on any atom is 0.260 e. The van der Waals surface area contributed by atoms with Crippen LogP contribution in [0.25, 0.3) is 10.2 Å². The Morgan fingerprint density at radius 2 is 2.03 bits per heavy atom. The molecule has 146 valence electrons. The molecule has 0 N–H and O–H groups in total. The molecule has 0 spiro atoms. The van der Waals surface area contributed by atoms with Crippen molar-refractivity contribution >= 4 is 44.2 Å². The SMILES string of the molecule is COc1cccc(C(=O)N(Cc2ccccn2)c2nc3c(C)cc(Cl)cc3s2)c1. The molecule has 0 saturated heterocycles. The Bertz CT molecular complexity index is 1180. The van der Waals surface area contributed by atoms with Gasteiger partial charge in [0.05, 0.1) is 29.6 Å². The van der Waals surface area contributed by atoms with Crippen LogP contribution in [0.4, 0.5) is 5.13 Å². The number of aromatic nitrogens is 2. The largest absolute Gasteiger partial charge is 0.497 e. The van der Waals surface area contributed by atoms with Crippen molar-refractivity contribution in [2.24, 2.45) is 0 Å². The molecule has 5 nitrogen and oxygen atoms in total. The third-order valence-corrected chi connectivity index (χ3v) is 5.72. The first-order valence-electron chi connectivity index (χ1n) is 8.97. The summed E-state index contributed by atoms with van der Waals surface area (Å²) in [6, 6.07) is 16.5. The first kappa shape index (κ1) is 19.4. The van der Waals surface area contributed by atoms with Crippen LogP contribution >= 0.6 is 22.9 Å². The van der Waals surface area contributed by atoms with E-state index in [9.17, 15) is 4.79 Å². The lowest BCUT2D eigenvalue weighted by Gasteiger charge is -2.20. The molecule has 0 saturated carbocycles. The molecular formula is C22H18ClN3O2S. The number of thiazole rings is 1. The molecule has 7 heteroatoms. The zero-order valence-corrected chi connectivity index (χ0v) is 17.5. The number of ether oxygens (including phenoxy) is 1. The molecule has 2 heterocycles. The highest BCUT2D eigenvalue weighted by molar-refractivity contribution is 7.22. The van der Waals surface area contributed by atoms with Crippen LogP contribution in [0.1, 0.15) is 21.6 Å². The van der Waals surface area contributed by atoms with Crippen LogP contribution in [0.5, 0.6) is 5.75 Å². The number of hydrogen-bond donors (Lipinski definition) is 0. The van der Waals surface area contributed by atoms with Crippen LogP contribution in [0.2, 0.25) is 5.02 Å². The monoisotopic (exact) mass is 423 g/mol. The molecule has 0 aliphatic rings. The van der Waals surface area contributed by atoms with E-state index in [4.69, 9.17) is 21.3 Å².